The number of piperazine rings is 1. The molecule has 39 heavy (non-hydrogen) atoms. The van der Waals surface area contributed by atoms with Gasteiger partial charge in [0.2, 0.25) is 0 Å². The van der Waals surface area contributed by atoms with Crippen molar-refractivity contribution in [3.8, 4) is 0 Å². The summed E-state index contributed by atoms with van der Waals surface area (Å²) in [7, 11) is -3.79. The fraction of sp³-hybridized carbons (Fsp3) is 0.462. The number of carbonyl (C=O) groups excluding carboxylic acids is 1. The number of halogens is 3. The molecule has 9 nitrogen and oxygen atoms in total. The van der Waals surface area contributed by atoms with E-state index in [-0.39, 0.29) is 10.8 Å². The number of carbonyl (C=O) groups is 2. The van der Waals surface area contributed by atoms with Crippen LogP contribution < -0.4 is 14.9 Å². The number of nitrogens with zero attached hydrogens (tertiary/aromatic N) is 2. The van der Waals surface area contributed by atoms with Gasteiger partial charge in [-0.25, -0.2) is 13.2 Å². The van der Waals surface area contributed by atoms with E-state index in [9.17, 15) is 26.4 Å². The molecule has 13 heteroatoms. The van der Waals surface area contributed by atoms with Gasteiger partial charge < -0.3 is 20.2 Å². The molecule has 0 aliphatic carbocycles. The average molecular weight is 573 g/mol. The van der Waals surface area contributed by atoms with Crippen LogP contribution in [0, 0.1) is 6.92 Å². The topological polar surface area (TPSA) is 119 Å². The van der Waals surface area contributed by atoms with E-state index in [0.717, 1.165) is 50.3 Å². The van der Waals surface area contributed by atoms with Gasteiger partial charge in [0.1, 0.15) is 0 Å². The highest BCUT2D eigenvalue weighted by Gasteiger charge is 2.38. The molecule has 216 valence electrons. The predicted molar refractivity (Wildman–Crippen MR) is 144 cm³/mol. The molecule has 0 spiro atoms. The number of nitrogens with one attached hydrogen (secondary N) is 2. The smallest absolute Gasteiger partial charge is 0.475 e. The minimum absolute atomic E-state index is 0.0800. The van der Waals surface area contributed by atoms with Crippen LogP contribution in [0.25, 0.3) is 0 Å². The van der Waals surface area contributed by atoms with Gasteiger partial charge >= 0.3 is 12.1 Å². The zero-order valence-electron chi connectivity index (χ0n) is 22.2. The number of aliphatic carboxylic acids is 1. The largest absolute Gasteiger partial charge is 0.490 e. The Morgan fingerprint density at radius 3 is 2.18 bits per heavy atom. The highest BCUT2D eigenvalue weighted by atomic mass is 32.2. The monoisotopic (exact) mass is 572 g/mol. The van der Waals surface area contributed by atoms with E-state index in [2.05, 4.69) is 21.9 Å². The van der Waals surface area contributed by atoms with Crippen LogP contribution in [-0.4, -0.2) is 75.7 Å². The van der Waals surface area contributed by atoms with E-state index >= 15 is 0 Å². The van der Waals surface area contributed by atoms with E-state index in [1.807, 2.05) is 24.8 Å². The fourth-order valence-electron chi connectivity index (χ4n) is 3.79. The first-order valence-electron chi connectivity index (χ1n) is 12.6. The van der Waals surface area contributed by atoms with Crippen molar-refractivity contribution in [2.45, 2.75) is 44.7 Å². The molecule has 0 saturated carbocycles. The van der Waals surface area contributed by atoms with Gasteiger partial charge in [-0.05, 0) is 50.6 Å². The van der Waals surface area contributed by atoms with Crippen LogP contribution >= 0.6 is 0 Å². The molecule has 1 fully saturated rings. The van der Waals surface area contributed by atoms with E-state index in [1.54, 1.807) is 36.4 Å². The molecule has 1 amide bonds. The summed E-state index contributed by atoms with van der Waals surface area (Å²) in [5, 5.41) is 10.4. The number of anilines is 2. The summed E-state index contributed by atoms with van der Waals surface area (Å²) < 4.78 is 60.7. The molecule has 0 bridgehead atoms. The average Bonchev–Trinajstić information content (AvgIpc) is 2.89. The number of benzene rings is 2. The second kappa shape index (κ2) is 14.2. The second-order valence-corrected chi connectivity index (χ2v) is 10.6. The summed E-state index contributed by atoms with van der Waals surface area (Å²) in [5.41, 5.74) is 2.70. The third kappa shape index (κ3) is 9.43. The van der Waals surface area contributed by atoms with Crippen molar-refractivity contribution in [1.29, 1.82) is 0 Å². The zero-order chi connectivity index (χ0) is 29.2. The normalized spacial score (nSPS) is 13.7. The maximum atomic E-state index is 13.1. The van der Waals surface area contributed by atoms with Crippen LogP contribution in [0.15, 0.2) is 47.4 Å². The lowest BCUT2D eigenvalue weighted by molar-refractivity contribution is -0.192. The van der Waals surface area contributed by atoms with Gasteiger partial charge in [-0.3, -0.25) is 9.52 Å². The number of unbranched alkanes of at least 4 members (excludes halogenated alkanes) is 1. The Labute approximate surface area is 227 Å². The molecule has 3 rings (SSSR count). The lowest BCUT2D eigenvalue weighted by atomic mass is 10.1. The van der Waals surface area contributed by atoms with Crippen molar-refractivity contribution >= 4 is 33.3 Å². The number of aryl methyl sites for hydroxylation is 1. The molecular formula is C26H35F3N4O5S. The number of alkyl halides is 3. The molecule has 1 aliphatic heterocycles. The summed E-state index contributed by atoms with van der Waals surface area (Å²) >= 11 is 0. The zero-order valence-corrected chi connectivity index (χ0v) is 23.0. The van der Waals surface area contributed by atoms with E-state index in [1.165, 1.54) is 0 Å². The van der Waals surface area contributed by atoms with Crippen LogP contribution in [-0.2, 0) is 14.8 Å². The maximum Gasteiger partial charge on any atom is 0.490 e. The molecule has 1 aliphatic rings. The molecule has 0 radical (unpaired) electrons. The minimum atomic E-state index is -5.08. The van der Waals surface area contributed by atoms with Crippen molar-refractivity contribution in [2.24, 2.45) is 0 Å². The Morgan fingerprint density at radius 2 is 1.67 bits per heavy atom. The second-order valence-electron chi connectivity index (χ2n) is 8.93. The minimum Gasteiger partial charge on any atom is -0.475 e. The third-order valence-corrected chi connectivity index (χ3v) is 7.35. The van der Waals surface area contributed by atoms with Gasteiger partial charge in [-0.15, -0.1) is 0 Å². The van der Waals surface area contributed by atoms with Crippen molar-refractivity contribution in [1.82, 2.24) is 10.2 Å². The number of rotatable bonds is 9. The molecule has 0 aromatic heterocycles. The number of sulfonamides is 1. The van der Waals surface area contributed by atoms with Gasteiger partial charge in [-0.2, -0.15) is 13.2 Å². The van der Waals surface area contributed by atoms with Gasteiger partial charge in [0.15, 0.2) is 0 Å². The van der Waals surface area contributed by atoms with Gasteiger partial charge in [0, 0.05) is 44.8 Å². The van der Waals surface area contributed by atoms with Crippen molar-refractivity contribution in [3.05, 3.63) is 53.6 Å². The van der Waals surface area contributed by atoms with Gasteiger partial charge in [0.25, 0.3) is 15.9 Å². The molecule has 1 heterocycles. The molecule has 2 aromatic carbocycles. The third-order valence-electron chi connectivity index (χ3n) is 5.97. The first-order valence-corrected chi connectivity index (χ1v) is 14.1. The van der Waals surface area contributed by atoms with Crippen molar-refractivity contribution in [2.75, 3.05) is 48.9 Å². The maximum absolute atomic E-state index is 13.1. The summed E-state index contributed by atoms with van der Waals surface area (Å²) in [5.74, 6) is -2.84. The van der Waals surface area contributed by atoms with Crippen LogP contribution in [0.4, 0.5) is 24.5 Å². The van der Waals surface area contributed by atoms with Crippen LogP contribution in [0.5, 0.6) is 0 Å². The highest BCUT2D eigenvalue weighted by Crippen LogP contribution is 2.30. The highest BCUT2D eigenvalue weighted by molar-refractivity contribution is 7.92. The Morgan fingerprint density at radius 1 is 1.08 bits per heavy atom. The first kappa shape index (κ1) is 31.9. The molecular weight excluding hydrogens is 537 g/mol. The van der Waals surface area contributed by atoms with E-state index < -0.39 is 22.2 Å². The number of carboxylic acid groups (broad SMARTS) is 1. The van der Waals surface area contributed by atoms with Gasteiger partial charge in [0.05, 0.1) is 16.3 Å². The Bertz CT molecular complexity index is 1220. The summed E-state index contributed by atoms with van der Waals surface area (Å²) in [6.07, 6.45) is -3.14. The first-order chi connectivity index (χ1) is 18.3. The van der Waals surface area contributed by atoms with Crippen LogP contribution in [0.2, 0.25) is 0 Å². The van der Waals surface area contributed by atoms with E-state index in [4.69, 9.17) is 9.90 Å². The predicted octanol–water partition coefficient (Wildman–Crippen LogP) is 4.10. The van der Waals surface area contributed by atoms with Crippen LogP contribution in [0.1, 0.15) is 42.6 Å². The Kier molecular flexibility index (Phi) is 11.6. The molecule has 0 unspecified atom stereocenters. The van der Waals surface area contributed by atoms with Crippen molar-refractivity contribution < 1.29 is 36.3 Å². The number of carboxylic acids is 1. The number of amides is 1. The number of hydrogen-bond donors (Lipinski definition) is 3. The lowest BCUT2D eigenvalue weighted by Crippen LogP contribution is -2.43. The van der Waals surface area contributed by atoms with Crippen molar-refractivity contribution in [3.63, 3.8) is 0 Å². The summed E-state index contributed by atoms with van der Waals surface area (Å²) in [6, 6.07) is 12.1. The fourth-order valence-corrected chi connectivity index (χ4v) is 4.85. The Hall–Kier alpha value is -3.32. The summed E-state index contributed by atoms with van der Waals surface area (Å²) in [6.45, 7) is 10.5. The standard InChI is InChI=1S/C24H34N4O3S.C2HF3O2/c1-4-6-15-27(5-2)24(29)20-9-12-23(28-16-13-25-14-17-28)22(18-20)26-32(30,31)21-10-7-19(3)8-11-21;3-2(4,5)1(6)7/h7-12,18,25-26H,4-6,13-17H2,1-3H3;(H,6,7). The lowest BCUT2D eigenvalue weighted by Gasteiger charge is -2.31. The van der Waals surface area contributed by atoms with Gasteiger partial charge in [-0.1, -0.05) is 31.0 Å². The Balaban J connectivity index is 0.000000673. The quantitative estimate of drug-likeness (QED) is 0.414. The molecule has 2 aromatic rings. The molecule has 0 atom stereocenters. The SMILES string of the molecule is CCCCN(CC)C(=O)c1ccc(N2CCNCC2)c(NS(=O)(=O)c2ccc(C)cc2)c1.O=C(O)C(F)(F)F. The summed E-state index contributed by atoms with van der Waals surface area (Å²) in [4.78, 5) is 26.2. The van der Waals surface area contributed by atoms with E-state index in [0.29, 0.717) is 24.3 Å². The van der Waals surface area contributed by atoms with Crippen LogP contribution in [0.3, 0.4) is 0 Å². The number of hydrogen-bond acceptors (Lipinski definition) is 6. The molecule has 1 saturated heterocycles. The molecule has 3 N–H and O–H groups in total.